The van der Waals surface area contributed by atoms with Crippen LogP contribution in [0.2, 0.25) is 0 Å². The minimum Gasteiger partial charge on any atom is -0.320 e. The van der Waals surface area contributed by atoms with E-state index >= 15 is 0 Å². The SMILES string of the molecule is NC(c1cccc(C(F)(F)F)c1)c1c(F)ccc(Br)c1F. The molecule has 1 nitrogen and oxygen atoms in total. The molecular weight excluding hydrogens is 357 g/mol. The van der Waals surface area contributed by atoms with Gasteiger partial charge in [-0.15, -0.1) is 0 Å². The van der Waals surface area contributed by atoms with Crippen molar-refractivity contribution in [1.29, 1.82) is 0 Å². The maximum absolute atomic E-state index is 13.9. The van der Waals surface area contributed by atoms with Crippen molar-refractivity contribution < 1.29 is 22.0 Å². The number of nitrogens with two attached hydrogens (primary N) is 1. The summed E-state index contributed by atoms with van der Waals surface area (Å²) >= 11 is 2.89. The third kappa shape index (κ3) is 3.24. The molecule has 2 aromatic carbocycles. The quantitative estimate of drug-likeness (QED) is 0.600. The number of rotatable bonds is 2. The molecule has 0 bridgehead atoms. The lowest BCUT2D eigenvalue weighted by atomic mass is 9.97. The molecule has 0 fully saturated rings. The zero-order valence-corrected chi connectivity index (χ0v) is 12.0. The van der Waals surface area contributed by atoms with E-state index in [-0.39, 0.29) is 10.0 Å². The van der Waals surface area contributed by atoms with Gasteiger partial charge in [-0.1, -0.05) is 12.1 Å². The van der Waals surface area contributed by atoms with Gasteiger partial charge in [-0.25, -0.2) is 8.78 Å². The fraction of sp³-hybridized carbons (Fsp3) is 0.143. The zero-order valence-electron chi connectivity index (χ0n) is 10.4. The monoisotopic (exact) mass is 365 g/mol. The summed E-state index contributed by atoms with van der Waals surface area (Å²) in [6.45, 7) is 0. The van der Waals surface area contributed by atoms with Crippen LogP contribution < -0.4 is 5.73 Å². The van der Waals surface area contributed by atoms with Crippen molar-refractivity contribution in [3.8, 4) is 0 Å². The number of hydrogen-bond donors (Lipinski definition) is 1. The number of benzene rings is 2. The van der Waals surface area contributed by atoms with Crippen molar-refractivity contribution in [2.75, 3.05) is 0 Å². The van der Waals surface area contributed by atoms with E-state index in [9.17, 15) is 22.0 Å². The van der Waals surface area contributed by atoms with Gasteiger partial charge in [0, 0.05) is 5.56 Å². The van der Waals surface area contributed by atoms with Crippen molar-refractivity contribution in [3.63, 3.8) is 0 Å². The normalized spacial score (nSPS) is 13.3. The third-order valence-electron chi connectivity index (χ3n) is 2.96. The van der Waals surface area contributed by atoms with Gasteiger partial charge in [-0.3, -0.25) is 0 Å². The Bertz CT molecular complexity index is 669. The second kappa shape index (κ2) is 5.73. The smallest absolute Gasteiger partial charge is 0.320 e. The molecule has 0 aliphatic carbocycles. The largest absolute Gasteiger partial charge is 0.416 e. The molecule has 1 atom stereocenters. The first-order valence-corrected chi connectivity index (χ1v) is 6.57. The van der Waals surface area contributed by atoms with Gasteiger partial charge in [0.25, 0.3) is 0 Å². The topological polar surface area (TPSA) is 26.0 Å². The summed E-state index contributed by atoms with van der Waals surface area (Å²) in [4.78, 5) is 0. The van der Waals surface area contributed by atoms with E-state index in [0.29, 0.717) is 0 Å². The summed E-state index contributed by atoms with van der Waals surface area (Å²) < 4.78 is 65.6. The van der Waals surface area contributed by atoms with Crippen LogP contribution in [-0.2, 0) is 6.18 Å². The highest BCUT2D eigenvalue weighted by Gasteiger charge is 2.31. The molecule has 2 aromatic rings. The summed E-state index contributed by atoms with van der Waals surface area (Å²) in [7, 11) is 0. The van der Waals surface area contributed by atoms with E-state index in [0.717, 1.165) is 30.3 Å². The molecule has 0 radical (unpaired) electrons. The Morgan fingerprint density at radius 1 is 1.05 bits per heavy atom. The van der Waals surface area contributed by atoms with Crippen LogP contribution in [0.25, 0.3) is 0 Å². The summed E-state index contributed by atoms with van der Waals surface area (Å²) in [6.07, 6.45) is -4.55. The predicted octanol–water partition coefficient (Wildman–Crippen LogP) is 4.79. The van der Waals surface area contributed by atoms with Crippen LogP contribution in [0.5, 0.6) is 0 Å². The van der Waals surface area contributed by atoms with Crippen LogP contribution >= 0.6 is 15.9 Å². The second-order valence-electron chi connectivity index (χ2n) is 4.36. The molecule has 0 aliphatic rings. The van der Waals surface area contributed by atoms with E-state index in [2.05, 4.69) is 15.9 Å². The molecule has 0 aliphatic heterocycles. The van der Waals surface area contributed by atoms with Gasteiger partial charge in [0.05, 0.1) is 16.1 Å². The highest BCUT2D eigenvalue weighted by molar-refractivity contribution is 9.10. The molecule has 21 heavy (non-hydrogen) atoms. The first-order valence-electron chi connectivity index (χ1n) is 5.78. The number of hydrogen-bond acceptors (Lipinski definition) is 1. The van der Waals surface area contributed by atoms with Crippen molar-refractivity contribution in [1.82, 2.24) is 0 Å². The van der Waals surface area contributed by atoms with Gasteiger partial charge in [0.2, 0.25) is 0 Å². The molecule has 7 heteroatoms. The van der Waals surface area contributed by atoms with E-state index in [1.54, 1.807) is 0 Å². The molecule has 0 aromatic heterocycles. The molecule has 2 N–H and O–H groups in total. The van der Waals surface area contributed by atoms with Gasteiger partial charge < -0.3 is 5.73 Å². The van der Waals surface area contributed by atoms with Gasteiger partial charge in [-0.2, -0.15) is 13.2 Å². The molecule has 0 saturated heterocycles. The summed E-state index contributed by atoms with van der Waals surface area (Å²) in [5.41, 5.74) is 4.30. The minimum atomic E-state index is -4.55. The highest BCUT2D eigenvalue weighted by atomic mass is 79.9. The lowest BCUT2D eigenvalue weighted by Crippen LogP contribution is -2.17. The molecule has 0 amide bonds. The highest BCUT2D eigenvalue weighted by Crippen LogP contribution is 2.33. The van der Waals surface area contributed by atoms with E-state index < -0.39 is 35.0 Å². The summed E-state index contributed by atoms with van der Waals surface area (Å²) in [6, 6.07) is 4.90. The number of alkyl halides is 3. The molecule has 2 rings (SSSR count). The van der Waals surface area contributed by atoms with Crippen LogP contribution in [0.4, 0.5) is 22.0 Å². The molecular formula is C14H9BrF5N. The van der Waals surface area contributed by atoms with Gasteiger partial charge in [0.1, 0.15) is 11.6 Å². The van der Waals surface area contributed by atoms with E-state index in [1.807, 2.05) is 0 Å². The van der Waals surface area contributed by atoms with Crippen molar-refractivity contribution in [3.05, 3.63) is 69.2 Å². The van der Waals surface area contributed by atoms with E-state index in [4.69, 9.17) is 5.73 Å². The van der Waals surface area contributed by atoms with Crippen LogP contribution in [0.15, 0.2) is 40.9 Å². The van der Waals surface area contributed by atoms with Crippen molar-refractivity contribution in [2.24, 2.45) is 5.73 Å². The Labute approximate surface area is 125 Å². The molecule has 0 spiro atoms. The first kappa shape index (κ1) is 15.9. The summed E-state index contributed by atoms with van der Waals surface area (Å²) in [5.74, 6) is -1.85. The fourth-order valence-electron chi connectivity index (χ4n) is 1.90. The standard InChI is InChI=1S/C14H9BrF5N/c15-9-4-5-10(16)11(12(9)17)13(21)7-2-1-3-8(6-7)14(18,19)20/h1-6,13H,21H2. The number of halogens is 6. The lowest BCUT2D eigenvalue weighted by molar-refractivity contribution is -0.137. The minimum absolute atomic E-state index is 0.0127. The Kier molecular flexibility index (Phi) is 4.34. The van der Waals surface area contributed by atoms with Crippen LogP contribution in [0.1, 0.15) is 22.7 Å². The Balaban J connectivity index is 2.51. The van der Waals surface area contributed by atoms with Crippen molar-refractivity contribution in [2.45, 2.75) is 12.2 Å². The first-order chi connectivity index (χ1) is 9.71. The Hall–Kier alpha value is -1.47. The average Bonchev–Trinajstić information content (AvgIpc) is 2.42. The maximum Gasteiger partial charge on any atom is 0.416 e. The second-order valence-corrected chi connectivity index (χ2v) is 5.21. The van der Waals surface area contributed by atoms with Crippen LogP contribution in [0.3, 0.4) is 0 Å². The maximum atomic E-state index is 13.9. The van der Waals surface area contributed by atoms with Crippen LogP contribution in [-0.4, -0.2) is 0 Å². The zero-order chi connectivity index (χ0) is 15.8. The van der Waals surface area contributed by atoms with Crippen LogP contribution in [0, 0.1) is 11.6 Å². The van der Waals surface area contributed by atoms with Gasteiger partial charge >= 0.3 is 6.18 Å². The van der Waals surface area contributed by atoms with E-state index in [1.165, 1.54) is 6.07 Å². The van der Waals surface area contributed by atoms with Crippen molar-refractivity contribution >= 4 is 15.9 Å². The van der Waals surface area contributed by atoms with Gasteiger partial charge in [-0.05, 0) is 45.8 Å². The Morgan fingerprint density at radius 2 is 1.71 bits per heavy atom. The summed E-state index contributed by atoms with van der Waals surface area (Å²) in [5, 5.41) is 0. The fourth-order valence-corrected chi connectivity index (χ4v) is 2.25. The predicted molar refractivity (Wildman–Crippen MR) is 71.5 cm³/mol. The molecule has 0 heterocycles. The third-order valence-corrected chi connectivity index (χ3v) is 3.58. The lowest BCUT2D eigenvalue weighted by Gasteiger charge is -2.17. The molecule has 0 saturated carbocycles. The molecule has 1 unspecified atom stereocenters. The molecule has 112 valence electrons. The average molecular weight is 366 g/mol. The van der Waals surface area contributed by atoms with Gasteiger partial charge in [0.15, 0.2) is 0 Å². The Morgan fingerprint density at radius 3 is 2.33 bits per heavy atom.